The normalized spacial score (nSPS) is 12.1. The number of nitrogens with one attached hydrogen (secondary N) is 1. The summed E-state index contributed by atoms with van der Waals surface area (Å²) in [5, 5.41) is 3.24. The summed E-state index contributed by atoms with van der Waals surface area (Å²) in [7, 11) is 3.52. The van der Waals surface area contributed by atoms with E-state index < -0.39 is 11.7 Å². The fourth-order valence-electron chi connectivity index (χ4n) is 2.40. The Balaban J connectivity index is 1.88. The molecule has 2 rings (SSSR count). The van der Waals surface area contributed by atoms with E-state index in [2.05, 4.69) is 15.3 Å². The first-order chi connectivity index (χ1) is 11.9. The number of aliphatic imine (C=N–C) groups is 1. The van der Waals surface area contributed by atoms with Crippen molar-refractivity contribution in [1.29, 1.82) is 0 Å². The number of halogens is 3. The molecule has 2 aromatic rings. The Morgan fingerprint density at radius 1 is 1.16 bits per heavy atom. The van der Waals surface area contributed by atoms with E-state index in [1.54, 1.807) is 13.2 Å². The van der Waals surface area contributed by atoms with Crippen molar-refractivity contribution in [1.82, 2.24) is 15.2 Å². The average Bonchev–Trinajstić information content (AvgIpc) is 2.59. The number of guanidine groups is 1. The highest BCUT2D eigenvalue weighted by atomic mass is 19.4. The highest BCUT2D eigenvalue weighted by molar-refractivity contribution is 5.79. The minimum Gasteiger partial charge on any atom is -0.356 e. The lowest BCUT2D eigenvalue weighted by Crippen LogP contribution is -2.39. The first-order valence-electron chi connectivity index (χ1n) is 7.87. The Hall–Kier alpha value is -2.57. The van der Waals surface area contributed by atoms with E-state index in [1.165, 1.54) is 12.1 Å². The minimum atomic E-state index is -4.31. The molecule has 0 aliphatic heterocycles. The second-order valence-electron chi connectivity index (χ2n) is 5.64. The summed E-state index contributed by atoms with van der Waals surface area (Å²) < 4.78 is 37.8. The van der Waals surface area contributed by atoms with Crippen LogP contribution < -0.4 is 5.32 Å². The standard InChI is InChI=1S/C18H21F3N4/c1-22-17(24-11-9-14-4-3-10-23-12-14)25(2)13-15-5-7-16(8-6-15)18(19,20)21/h3-8,10,12H,9,11,13H2,1-2H3,(H,22,24). The second kappa shape index (κ2) is 8.50. The number of alkyl halides is 3. The Kier molecular flexibility index (Phi) is 6.38. The maximum Gasteiger partial charge on any atom is 0.416 e. The molecule has 0 aliphatic carbocycles. The molecule has 0 atom stereocenters. The molecular weight excluding hydrogens is 329 g/mol. The van der Waals surface area contributed by atoms with Gasteiger partial charge in [0.05, 0.1) is 5.56 Å². The number of rotatable bonds is 5. The van der Waals surface area contributed by atoms with E-state index in [0.29, 0.717) is 19.0 Å². The number of nitrogens with zero attached hydrogens (tertiary/aromatic N) is 3. The number of hydrogen-bond donors (Lipinski definition) is 1. The summed E-state index contributed by atoms with van der Waals surface area (Å²) in [6.45, 7) is 1.15. The molecule has 0 spiro atoms. The smallest absolute Gasteiger partial charge is 0.356 e. The third-order valence-corrected chi connectivity index (χ3v) is 3.69. The third kappa shape index (κ3) is 5.77. The number of hydrogen-bond acceptors (Lipinski definition) is 2. The van der Waals surface area contributed by atoms with E-state index in [1.807, 2.05) is 30.3 Å². The molecule has 0 aliphatic rings. The molecule has 25 heavy (non-hydrogen) atoms. The van der Waals surface area contributed by atoms with Gasteiger partial charge in [0.1, 0.15) is 0 Å². The van der Waals surface area contributed by atoms with Crippen LogP contribution in [0.4, 0.5) is 13.2 Å². The zero-order valence-corrected chi connectivity index (χ0v) is 14.2. The molecule has 7 heteroatoms. The topological polar surface area (TPSA) is 40.5 Å². The van der Waals surface area contributed by atoms with Gasteiger partial charge in [0.15, 0.2) is 5.96 Å². The lowest BCUT2D eigenvalue weighted by atomic mass is 10.1. The molecule has 0 saturated carbocycles. The Labute approximate surface area is 145 Å². The van der Waals surface area contributed by atoms with Gasteiger partial charge in [-0.1, -0.05) is 18.2 Å². The van der Waals surface area contributed by atoms with Crippen molar-refractivity contribution in [3.05, 3.63) is 65.5 Å². The van der Waals surface area contributed by atoms with Gasteiger partial charge in [0, 0.05) is 39.6 Å². The molecule has 1 N–H and O–H groups in total. The van der Waals surface area contributed by atoms with Crippen molar-refractivity contribution in [2.75, 3.05) is 20.6 Å². The molecule has 1 heterocycles. The van der Waals surface area contributed by atoms with Crippen LogP contribution >= 0.6 is 0 Å². The first kappa shape index (κ1) is 18.8. The fourth-order valence-corrected chi connectivity index (χ4v) is 2.40. The van der Waals surface area contributed by atoms with Crippen LogP contribution in [0.15, 0.2) is 53.8 Å². The SMILES string of the molecule is CN=C(NCCc1cccnc1)N(C)Cc1ccc(C(F)(F)F)cc1. The molecule has 0 bridgehead atoms. The van der Waals surface area contributed by atoms with Crippen LogP contribution in [0.1, 0.15) is 16.7 Å². The highest BCUT2D eigenvalue weighted by Gasteiger charge is 2.29. The molecule has 0 amide bonds. The van der Waals surface area contributed by atoms with E-state index in [0.717, 1.165) is 29.7 Å². The molecule has 1 aromatic heterocycles. The zero-order valence-electron chi connectivity index (χ0n) is 14.2. The molecule has 1 aromatic carbocycles. The van der Waals surface area contributed by atoms with E-state index >= 15 is 0 Å². The molecule has 0 radical (unpaired) electrons. The van der Waals surface area contributed by atoms with Crippen LogP contribution in [-0.2, 0) is 19.1 Å². The molecule has 4 nitrogen and oxygen atoms in total. The maximum atomic E-state index is 12.6. The van der Waals surface area contributed by atoms with Crippen LogP contribution in [0.3, 0.4) is 0 Å². The van der Waals surface area contributed by atoms with E-state index in [4.69, 9.17) is 0 Å². The Morgan fingerprint density at radius 2 is 1.88 bits per heavy atom. The maximum absolute atomic E-state index is 12.6. The Bertz CT molecular complexity index is 682. The van der Waals surface area contributed by atoms with Crippen LogP contribution in [-0.4, -0.2) is 36.5 Å². The van der Waals surface area contributed by atoms with Crippen LogP contribution in [0.2, 0.25) is 0 Å². The predicted molar refractivity (Wildman–Crippen MR) is 92.2 cm³/mol. The monoisotopic (exact) mass is 350 g/mol. The summed E-state index contributed by atoms with van der Waals surface area (Å²) in [4.78, 5) is 10.1. The van der Waals surface area contributed by atoms with Gasteiger partial charge >= 0.3 is 6.18 Å². The summed E-state index contributed by atoms with van der Waals surface area (Å²) in [5.74, 6) is 0.684. The van der Waals surface area contributed by atoms with Gasteiger partial charge in [-0.15, -0.1) is 0 Å². The van der Waals surface area contributed by atoms with E-state index in [-0.39, 0.29) is 0 Å². The number of benzene rings is 1. The lowest BCUT2D eigenvalue weighted by molar-refractivity contribution is -0.137. The van der Waals surface area contributed by atoms with Gasteiger partial charge in [-0.05, 0) is 35.7 Å². The molecule has 0 saturated heterocycles. The van der Waals surface area contributed by atoms with E-state index in [9.17, 15) is 13.2 Å². The minimum absolute atomic E-state index is 0.463. The largest absolute Gasteiger partial charge is 0.416 e. The number of aromatic nitrogens is 1. The Morgan fingerprint density at radius 3 is 2.44 bits per heavy atom. The molecule has 0 unspecified atom stereocenters. The summed E-state index contributed by atoms with van der Waals surface area (Å²) in [6.07, 6.45) is 0.0410. The highest BCUT2D eigenvalue weighted by Crippen LogP contribution is 2.29. The third-order valence-electron chi connectivity index (χ3n) is 3.69. The van der Waals surface area contributed by atoms with Crippen molar-refractivity contribution < 1.29 is 13.2 Å². The summed E-state index contributed by atoms with van der Waals surface area (Å²) in [5.41, 5.74) is 1.26. The molecular formula is C18H21F3N4. The van der Waals surface area contributed by atoms with Crippen LogP contribution in [0.5, 0.6) is 0 Å². The van der Waals surface area contributed by atoms with Gasteiger partial charge < -0.3 is 10.2 Å². The fraction of sp³-hybridized carbons (Fsp3) is 0.333. The van der Waals surface area contributed by atoms with Crippen molar-refractivity contribution >= 4 is 5.96 Å². The van der Waals surface area contributed by atoms with Crippen molar-refractivity contribution in [3.63, 3.8) is 0 Å². The predicted octanol–water partition coefficient (Wildman–Crippen LogP) is 3.35. The van der Waals surface area contributed by atoms with Crippen molar-refractivity contribution in [2.24, 2.45) is 4.99 Å². The summed E-state index contributed by atoms with van der Waals surface area (Å²) in [6, 6.07) is 9.07. The first-order valence-corrected chi connectivity index (χ1v) is 7.87. The second-order valence-corrected chi connectivity index (χ2v) is 5.64. The van der Waals surface area contributed by atoms with Gasteiger partial charge in [-0.3, -0.25) is 9.98 Å². The van der Waals surface area contributed by atoms with Crippen LogP contribution in [0.25, 0.3) is 0 Å². The number of pyridine rings is 1. The van der Waals surface area contributed by atoms with Crippen LogP contribution in [0, 0.1) is 0 Å². The van der Waals surface area contributed by atoms with Crippen molar-refractivity contribution in [3.8, 4) is 0 Å². The van der Waals surface area contributed by atoms with Gasteiger partial charge in [-0.25, -0.2) is 0 Å². The summed E-state index contributed by atoms with van der Waals surface area (Å²) >= 11 is 0. The molecule has 134 valence electrons. The van der Waals surface area contributed by atoms with Crippen molar-refractivity contribution in [2.45, 2.75) is 19.1 Å². The van der Waals surface area contributed by atoms with Gasteiger partial charge in [0.25, 0.3) is 0 Å². The lowest BCUT2D eigenvalue weighted by Gasteiger charge is -2.22. The quantitative estimate of drug-likeness (QED) is 0.664. The van der Waals surface area contributed by atoms with Gasteiger partial charge in [0.2, 0.25) is 0 Å². The zero-order chi connectivity index (χ0) is 18.3. The average molecular weight is 350 g/mol. The molecule has 0 fully saturated rings. The van der Waals surface area contributed by atoms with Gasteiger partial charge in [-0.2, -0.15) is 13.2 Å².